The van der Waals surface area contributed by atoms with Gasteiger partial charge in [-0.15, -0.1) is 10.2 Å². The molecule has 0 fully saturated rings. The van der Waals surface area contributed by atoms with Gasteiger partial charge in [-0.25, -0.2) is 9.59 Å². The van der Waals surface area contributed by atoms with E-state index in [1.165, 1.54) is 6.20 Å². The van der Waals surface area contributed by atoms with E-state index in [-0.39, 0.29) is 0 Å². The standard InChI is InChI=1S/C11H9N3O2.C7H5ClO2.C4H5N3/c15-11(13-10-7-4-8-12-14-10)16-9-5-2-1-3-6-9;8-7(9)10-6-4-2-1-3-5-6;5-4-2-1-3-6-7-4/h1-8H,(H,13,14,15);1-5H;1-3H,(H2,5,7). The van der Waals surface area contributed by atoms with Crippen LogP contribution in [0.5, 0.6) is 11.5 Å². The fraction of sp³-hybridized carbons (Fsp3) is 0. The van der Waals surface area contributed by atoms with Crippen LogP contribution in [0, 0.1) is 0 Å². The average molecular weight is 467 g/mol. The van der Waals surface area contributed by atoms with Crippen LogP contribution in [0.1, 0.15) is 0 Å². The van der Waals surface area contributed by atoms with Crippen molar-refractivity contribution >= 4 is 34.8 Å². The molecule has 0 spiro atoms. The maximum Gasteiger partial charge on any atom is 0.418 e. The summed E-state index contributed by atoms with van der Waals surface area (Å²) >= 11 is 4.95. The van der Waals surface area contributed by atoms with E-state index in [1.54, 1.807) is 79.0 Å². The summed E-state index contributed by atoms with van der Waals surface area (Å²) in [5.41, 5.74) is 4.37. The first-order valence-corrected chi connectivity index (χ1v) is 9.68. The Kier molecular flexibility index (Phi) is 10.8. The first-order valence-electron chi connectivity index (χ1n) is 9.30. The van der Waals surface area contributed by atoms with Gasteiger partial charge < -0.3 is 15.2 Å². The van der Waals surface area contributed by atoms with Crippen molar-refractivity contribution in [2.45, 2.75) is 0 Å². The predicted octanol–water partition coefficient (Wildman–Crippen LogP) is 4.57. The molecule has 0 saturated carbocycles. The normalized spacial score (nSPS) is 9.12. The molecule has 4 rings (SSSR count). The zero-order valence-electron chi connectivity index (χ0n) is 17.1. The topological polar surface area (TPSA) is 142 Å². The number of nitrogens with zero attached hydrogens (tertiary/aromatic N) is 4. The Labute approximate surface area is 194 Å². The zero-order chi connectivity index (χ0) is 23.7. The van der Waals surface area contributed by atoms with E-state index in [1.807, 2.05) is 12.1 Å². The van der Waals surface area contributed by atoms with Gasteiger partial charge in [-0.1, -0.05) is 36.4 Å². The Balaban J connectivity index is 0.000000193. The average Bonchev–Trinajstić information content (AvgIpc) is 2.82. The number of nitrogens with two attached hydrogens (primary N) is 1. The van der Waals surface area contributed by atoms with Gasteiger partial charge in [-0.2, -0.15) is 10.2 Å². The van der Waals surface area contributed by atoms with Gasteiger partial charge in [0.05, 0.1) is 0 Å². The van der Waals surface area contributed by atoms with Gasteiger partial charge in [0.1, 0.15) is 17.3 Å². The summed E-state index contributed by atoms with van der Waals surface area (Å²) in [4.78, 5) is 21.5. The summed E-state index contributed by atoms with van der Waals surface area (Å²) < 4.78 is 9.54. The van der Waals surface area contributed by atoms with Crippen molar-refractivity contribution in [1.29, 1.82) is 0 Å². The van der Waals surface area contributed by atoms with Gasteiger partial charge in [0.15, 0.2) is 5.82 Å². The number of aromatic nitrogens is 4. The molecular formula is C22H19ClN6O4. The lowest BCUT2D eigenvalue weighted by molar-refractivity contribution is 0.215. The van der Waals surface area contributed by atoms with Crippen LogP contribution in [0.25, 0.3) is 0 Å². The third kappa shape index (κ3) is 11.4. The first-order chi connectivity index (χ1) is 16.0. The number of anilines is 2. The van der Waals surface area contributed by atoms with Crippen molar-refractivity contribution < 1.29 is 19.1 Å². The SMILES string of the molecule is Nc1cccnn1.O=C(Cl)Oc1ccccc1.O=C(Nc1cccnn1)Oc1ccccc1. The summed E-state index contributed by atoms with van der Waals surface area (Å²) in [6.45, 7) is 0. The molecule has 11 heteroatoms. The largest absolute Gasteiger partial charge is 0.418 e. The van der Waals surface area contributed by atoms with E-state index in [4.69, 9.17) is 22.1 Å². The van der Waals surface area contributed by atoms with Crippen molar-refractivity contribution in [3.63, 3.8) is 0 Å². The van der Waals surface area contributed by atoms with Gasteiger partial charge >= 0.3 is 11.5 Å². The molecule has 4 aromatic rings. The number of carbonyl (C=O) groups excluding carboxylic acids is 2. The molecule has 2 heterocycles. The summed E-state index contributed by atoms with van der Waals surface area (Å²) in [7, 11) is 0. The van der Waals surface area contributed by atoms with Gasteiger partial charge in [-0.3, -0.25) is 5.32 Å². The number of carbonyl (C=O) groups is 2. The minimum atomic E-state index is -0.814. The molecule has 10 nitrogen and oxygen atoms in total. The van der Waals surface area contributed by atoms with Gasteiger partial charge in [-0.05, 0) is 48.5 Å². The molecule has 2 aromatic carbocycles. The second kappa shape index (κ2) is 14.4. The number of benzene rings is 2. The number of nitrogens with one attached hydrogen (secondary N) is 1. The lowest BCUT2D eigenvalue weighted by Gasteiger charge is -2.04. The Morgan fingerprint density at radius 3 is 1.70 bits per heavy atom. The minimum absolute atomic E-state index is 0.350. The van der Waals surface area contributed by atoms with Crippen molar-refractivity contribution in [1.82, 2.24) is 20.4 Å². The number of hydrogen-bond acceptors (Lipinski definition) is 9. The maximum atomic E-state index is 11.4. The quantitative estimate of drug-likeness (QED) is 0.415. The van der Waals surface area contributed by atoms with E-state index in [0.717, 1.165) is 0 Å². The zero-order valence-corrected chi connectivity index (χ0v) is 17.9. The van der Waals surface area contributed by atoms with Crippen LogP contribution in [-0.4, -0.2) is 31.9 Å². The monoisotopic (exact) mass is 466 g/mol. The Morgan fingerprint density at radius 1 is 0.727 bits per heavy atom. The molecule has 2 aromatic heterocycles. The molecule has 0 aliphatic rings. The molecular weight excluding hydrogens is 448 g/mol. The van der Waals surface area contributed by atoms with E-state index in [0.29, 0.717) is 23.1 Å². The van der Waals surface area contributed by atoms with Gasteiger partial charge in [0.2, 0.25) is 0 Å². The molecule has 3 N–H and O–H groups in total. The number of rotatable bonds is 3. The van der Waals surface area contributed by atoms with Crippen LogP contribution < -0.4 is 20.5 Å². The van der Waals surface area contributed by atoms with E-state index >= 15 is 0 Å². The van der Waals surface area contributed by atoms with Crippen LogP contribution in [0.15, 0.2) is 97.3 Å². The van der Waals surface area contributed by atoms with Crippen LogP contribution in [0.2, 0.25) is 0 Å². The number of amides is 1. The van der Waals surface area contributed by atoms with Crippen LogP contribution in [0.3, 0.4) is 0 Å². The van der Waals surface area contributed by atoms with Crippen LogP contribution >= 0.6 is 11.6 Å². The highest BCUT2D eigenvalue weighted by Crippen LogP contribution is 2.10. The summed E-state index contributed by atoms with van der Waals surface area (Å²) in [6, 6.07) is 24.2. The second-order valence-corrected chi connectivity index (χ2v) is 6.05. The molecule has 0 aliphatic carbocycles. The molecule has 0 saturated heterocycles. The Bertz CT molecular complexity index is 1050. The maximum absolute atomic E-state index is 11.4. The van der Waals surface area contributed by atoms with E-state index < -0.39 is 11.5 Å². The van der Waals surface area contributed by atoms with Crippen molar-refractivity contribution in [2.24, 2.45) is 0 Å². The molecule has 0 unspecified atom stereocenters. The number of ether oxygens (including phenoxy) is 2. The molecule has 0 atom stereocenters. The molecule has 0 aliphatic heterocycles. The first kappa shape index (κ1) is 24.7. The van der Waals surface area contributed by atoms with Crippen molar-refractivity contribution in [2.75, 3.05) is 11.1 Å². The van der Waals surface area contributed by atoms with Gasteiger partial charge in [0.25, 0.3) is 0 Å². The lowest BCUT2D eigenvalue weighted by Crippen LogP contribution is -2.17. The predicted molar refractivity (Wildman–Crippen MR) is 123 cm³/mol. The second-order valence-electron chi connectivity index (χ2n) is 5.74. The van der Waals surface area contributed by atoms with Crippen molar-refractivity contribution in [3.05, 3.63) is 97.3 Å². The fourth-order valence-electron chi connectivity index (χ4n) is 1.99. The smallest absolute Gasteiger partial charge is 0.415 e. The molecule has 33 heavy (non-hydrogen) atoms. The number of nitrogen functional groups attached to an aromatic ring is 1. The Hall–Kier alpha value is -4.57. The molecule has 0 radical (unpaired) electrons. The summed E-state index contributed by atoms with van der Waals surface area (Å²) in [5.74, 6) is 1.75. The minimum Gasteiger partial charge on any atom is -0.415 e. The Morgan fingerprint density at radius 2 is 1.27 bits per heavy atom. The highest BCUT2D eigenvalue weighted by Gasteiger charge is 2.04. The third-order valence-corrected chi connectivity index (χ3v) is 3.37. The fourth-order valence-corrected chi connectivity index (χ4v) is 2.08. The van der Waals surface area contributed by atoms with E-state index in [2.05, 4.69) is 30.4 Å². The third-order valence-electron chi connectivity index (χ3n) is 3.29. The summed E-state index contributed by atoms with van der Waals surface area (Å²) in [5, 5.41) is 16.8. The summed E-state index contributed by atoms with van der Waals surface area (Å²) in [6.07, 6.45) is 2.51. The molecule has 0 bridgehead atoms. The van der Waals surface area contributed by atoms with Crippen molar-refractivity contribution in [3.8, 4) is 11.5 Å². The highest BCUT2D eigenvalue weighted by molar-refractivity contribution is 6.61. The number of halogens is 1. The van der Waals surface area contributed by atoms with E-state index in [9.17, 15) is 9.59 Å². The van der Waals surface area contributed by atoms with Crippen LogP contribution in [0.4, 0.5) is 21.2 Å². The van der Waals surface area contributed by atoms with Gasteiger partial charge in [0, 0.05) is 24.0 Å². The number of hydrogen-bond donors (Lipinski definition) is 2. The van der Waals surface area contributed by atoms with Crippen LogP contribution in [-0.2, 0) is 0 Å². The lowest BCUT2D eigenvalue weighted by atomic mass is 10.3. The highest BCUT2D eigenvalue weighted by atomic mass is 35.5. The molecule has 1 amide bonds. The number of para-hydroxylation sites is 2. The molecule has 168 valence electrons.